The lowest BCUT2D eigenvalue weighted by atomic mass is 10.3. The van der Waals surface area contributed by atoms with Crippen molar-refractivity contribution < 1.29 is 27.6 Å². The second-order valence-corrected chi connectivity index (χ2v) is 10.2. The number of thiazole rings is 1. The molecule has 1 N–H and O–H groups in total. The highest BCUT2D eigenvalue weighted by molar-refractivity contribution is 7.89. The number of nitro benzene ring substituents is 1. The maximum absolute atomic E-state index is 12.7. The minimum absolute atomic E-state index is 0.183. The summed E-state index contributed by atoms with van der Waals surface area (Å²) in [5, 5.41) is 14.4. The summed E-state index contributed by atoms with van der Waals surface area (Å²) in [5.41, 5.74) is 0.151. The van der Waals surface area contributed by atoms with Gasteiger partial charge in [0.2, 0.25) is 10.0 Å². The van der Waals surface area contributed by atoms with Crippen LogP contribution in [0.2, 0.25) is 0 Å². The molecule has 0 unspecified atom stereocenters. The molecule has 2 aromatic carbocycles. The number of nitro groups is 1. The molecule has 2 heterocycles. The van der Waals surface area contributed by atoms with E-state index in [-0.39, 0.29) is 10.6 Å². The normalized spacial score (nSPS) is 14.3. The molecule has 0 saturated carbocycles. The summed E-state index contributed by atoms with van der Waals surface area (Å²) in [6.07, 6.45) is 1.50. The van der Waals surface area contributed by atoms with E-state index in [0.29, 0.717) is 29.5 Å². The summed E-state index contributed by atoms with van der Waals surface area (Å²) in [4.78, 5) is 27.2. The van der Waals surface area contributed by atoms with E-state index < -0.39 is 33.1 Å². The number of aromatic nitrogens is 1. The minimum Gasteiger partial charge on any atom is -0.497 e. The van der Waals surface area contributed by atoms with Gasteiger partial charge in [0.25, 0.3) is 5.91 Å². The number of benzene rings is 2. The van der Waals surface area contributed by atoms with Crippen LogP contribution >= 0.6 is 11.3 Å². The zero-order valence-electron chi connectivity index (χ0n) is 17.5. The molecular weight excluding hydrogens is 472 g/mol. The van der Waals surface area contributed by atoms with E-state index in [2.05, 4.69) is 10.3 Å². The Hall–Kier alpha value is -3.29. The third kappa shape index (κ3) is 4.89. The second kappa shape index (κ2) is 9.29. The summed E-state index contributed by atoms with van der Waals surface area (Å²) in [6, 6.07) is 8.71. The van der Waals surface area contributed by atoms with E-state index in [4.69, 9.17) is 9.47 Å². The van der Waals surface area contributed by atoms with Crippen molar-refractivity contribution in [3.05, 3.63) is 46.5 Å². The summed E-state index contributed by atoms with van der Waals surface area (Å²) >= 11 is 1.24. The van der Waals surface area contributed by atoms with Crippen LogP contribution in [0.3, 0.4) is 0 Å². The van der Waals surface area contributed by atoms with Gasteiger partial charge in [-0.1, -0.05) is 11.3 Å². The van der Waals surface area contributed by atoms with E-state index in [1.54, 1.807) is 25.3 Å². The van der Waals surface area contributed by atoms with Crippen LogP contribution in [0.1, 0.15) is 12.8 Å². The highest BCUT2D eigenvalue weighted by atomic mass is 32.2. The Morgan fingerprint density at radius 1 is 1.24 bits per heavy atom. The summed E-state index contributed by atoms with van der Waals surface area (Å²) in [6.45, 7) is 0.249. The van der Waals surface area contributed by atoms with Gasteiger partial charge >= 0.3 is 5.69 Å². The van der Waals surface area contributed by atoms with Crippen LogP contribution in [0.4, 0.5) is 10.8 Å². The summed E-state index contributed by atoms with van der Waals surface area (Å²) < 4.78 is 38.0. The van der Waals surface area contributed by atoms with Gasteiger partial charge in [0.1, 0.15) is 5.75 Å². The first-order chi connectivity index (χ1) is 15.8. The van der Waals surface area contributed by atoms with E-state index in [9.17, 15) is 23.3 Å². The smallest absolute Gasteiger partial charge is 0.312 e. The van der Waals surface area contributed by atoms with Gasteiger partial charge in [-0.2, -0.15) is 4.31 Å². The van der Waals surface area contributed by atoms with Crippen LogP contribution in [0.25, 0.3) is 10.2 Å². The van der Waals surface area contributed by atoms with Crippen LogP contribution in [-0.4, -0.2) is 55.3 Å². The fraction of sp³-hybridized carbons (Fsp3) is 0.300. The van der Waals surface area contributed by atoms with Crippen molar-refractivity contribution in [3.63, 3.8) is 0 Å². The van der Waals surface area contributed by atoms with Gasteiger partial charge in [0, 0.05) is 19.2 Å². The Bertz CT molecular complexity index is 1320. The second-order valence-electron chi connectivity index (χ2n) is 7.19. The standard InChI is InChI=1S/C20H20N4O7S2/c1-30-13-4-6-15-18(10-13)32-20(21-15)22-19(25)12-31-17-7-5-14(11-16(17)24(26)27)33(28,29)23-8-2-3-9-23/h4-7,10-11H,2-3,8-9,12H2,1H3,(H,21,22,25). The highest BCUT2D eigenvalue weighted by Crippen LogP contribution is 2.32. The first-order valence-electron chi connectivity index (χ1n) is 9.94. The molecule has 1 amide bonds. The number of anilines is 1. The number of nitrogens with zero attached hydrogens (tertiary/aromatic N) is 3. The van der Waals surface area contributed by atoms with Gasteiger partial charge in [-0.05, 0) is 43.2 Å². The third-order valence-electron chi connectivity index (χ3n) is 5.03. The minimum atomic E-state index is -3.82. The largest absolute Gasteiger partial charge is 0.497 e. The lowest BCUT2D eigenvalue weighted by Gasteiger charge is -2.15. The van der Waals surface area contributed by atoms with Crippen molar-refractivity contribution in [2.45, 2.75) is 17.7 Å². The number of sulfonamides is 1. The Morgan fingerprint density at radius 2 is 2.00 bits per heavy atom. The van der Waals surface area contributed by atoms with Crippen LogP contribution in [0, 0.1) is 10.1 Å². The summed E-state index contributed by atoms with van der Waals surface area (Å²) in [7, 11) is -2.27. The molecule has 0 radical (unpaired) electrons. The molecule has 33 heavy (non-hydrogen) atoms. The van der Waals surface area contributed by atoms with E-state index >= 15 is 0 Å². The average molecular weight is 493 g/mol. The number of nitrogens with one attached hydrogen (secondary N) is 1. The fourth-order valence-electron chi connectivity index (χ4n) is 3.38. The Morgan fingerprint density at radius 3 is 2.70 bits per heavy atom. The summed E-state index contributed by atoms with van der Waals surface area (Å²) in [5.74, 6) is -0.108. The number of ether oxygens (including phenoxy) is 2. The van der Waals surface area contributed by atoms with Crippen molar-refractivity contribution in [1.29, 1.82) is 0 Å². The first kappa shape index (κ1) is 22.9. The number of methoxy groups -OCH3 is 1. The number of fused-ring (bicyclic) bond motifs is 1. The van der Waals surface area contributed by atoms with Crippen molar-refractivity contribution in [3.8, 4) is 11.5 Å². The maximum atomic E-state index is 12.7. The van der Waals surface area contributed by atoms with Gasteiger partial charge < -0.3 is 9.47 Å². The molecule has 1 fully saturated rings. The molecule has 0 bridgehead atoms. The molecule has 1 aromatic heterocycles. The number of hydrogen-bond acceptors (Lipinski definition) is 9. The molecule has 0 spiro atoms. The predicted molar refractivity (Wildman–Crippen MR) is 121 cm³/mol. The number of carbonyl (C=O) groups is 1. The molecule has 1 aliphatic heterocycles. The molecule has 3 aromatic rings. The molecule has 1 aliphatic rings. The molecule has 174 valence electrons. The van der Waals surface area contributed by atoms with Gasteiger partial charge in [0.05, 0.1) is 27.1 Å². The Kier molecular flexibility index (Phi) is 6.44. The molecule has 4 rings (SSSR count). The van der Waals surface area contributed by atoms with E-state index in [1.807, 2.05) is 0 Å². The van der Waals surface area contributed by atoms with Crippen molar-refractivity contribution in [1.82, 2.24) is 9.29 Å². The van der Waals surface area contributed by atoms with E-state index in [1.165, 1.54) is 27.8 Å². The number of carbonyl (C=O) groups excluding carboxylic acids is 1. The number of hydrogen-bond donors (Lipinski definition) is 1. The van der Waals surface area contributed by atoms with Crippen LogP contribution in [-0.2, 0) is 14.8 Å². The van der Waals surface area contributed by atoms with Crippen molar-refractivity contribution >= 4 is 48.3 Å². The predicted octanol–water partition coefficient (Wildman–Crippen LogP) is 3.02. The van der Waals surface area contributed by atoms with Crippen LogP contribution in [0.15, 0.2) is 41.3 Å². The zero-order chi connectivity index (χ0) is 23.6. The van der Waals surface area contributed by atoms with Gasteiger partial charge in [-0.25, -0.2) is 13.4 Å². The Labute approximate surface area is 193 Å². The number of rotatable bonds is 8. The molecule has 0 atom stereocenters. The SMILES string of the molecule is COc1ccc2nc(NC(=O)COc3ccc(S(=O)(=O)N4CCCC4)cc3[N+](=O)[O-])sc2c1. The monoisotopic (exact) mass is 492 g/mol. The lowest BCUT2D eigenvalue weighted by Crippen LogP contribution is -2.28. The first-order valence-corrected chi connectivity index (χ1v) is 12.2. The molecule has 11 nitrogen and oxygen atoms in total. The Balaban J connectivity index is 1.46. The van der Waals surface area contributed by atoms with Crippen LogP contribution in [0.5, 0.6) is 11.5 Å². The topological polar surface area (TPSA) is 141 Å². The molecule has 13 heteroatoms. The van der Waals surface area contributed by atoms with Crippen LogP contribution < -0.4 is 14.8 Å². The van der Waals surface area contributed by atoms with E-state index in [0.717, 1.165) is 23.6 Å². The zero-order valence-corrected chi connectivity index (χ0v) is 19.1. The highest BCUT2D eigenvalue weighted by Gasteiger charge is 2.30. The maximum Gasteiger partial charge on any atom is 0.312 e. The molecular formula is C20H20N4O7S2. The van der Waals surface area contributed by atoms with Gasteiger partial charge in [-0.3, -0.25) is 20.2 Å². The quantitative estimate of drug-likeness (QED) is 0.374. The van der Waals surface area contributed by atoms with Gasteiger partial charge in [0.15, 0.2) is 17.5 Å². The fourth-order valence-corrected chi connectivity index (χ4v) is 5.83. The van der Waals surface area contributed by atoms with Crippen molar-refractivity contribution in [2.75, 3.05) is 32.1 Å². The molecule has 1 saturated heterocycles. The molecule has 0 aliphatic carbocycles. The average Bonchev–Trinajstić information content (AvgIpc) is 3.47. The number of amides is 1. The van der Waals surface area contributed by atoms with Crippen molar-refractivity contribution in [2.24, 2.45) is 0 Å². The third-order valence-corrected chi connectivity index (χ3v) is 7.86. The lowest BCUT2D eigenvalue weighted by molar-refractivity contribution is -0.386. The van der Waals surface area contributed by atoms with Gasteiger partial charge in [-0.15, -0.1) is 0 Å².